The summed E-state index contributed by atoms with van der Waals surface area (Å²) in [7, 11) is 0. The molecule has 0 spiro atoms. The Hall–Kier alpha value is -1.16. The summed E-state index contributed by atoms with van der Waals surface area (Å²) < 4.78 is 6.12. The summed E-state index contributed by atoms with van der Waals surface area (Å²) >= 11 is 5.06. The smallest absolute Gasteiger partial charge is 0.148 e. The Labute approximate surface area is 120 Å². The number of thiocarbonyl (C=S) groups is 1. The zero-order valence-corrected chi connectivity index (χ0v) is 12.7. The van der Waals surface area contributed by atoms with E-state index < -0.39 is 0 Å². The molecule has 0 radical (unpaired) electrons. The van der Waals surface area contributed by atoms with Crippen molar-refractivity contribution in [2.24, 2.45) is 17.1 Å². The monoisotopic (exact) mass is 278 g/mol. The summed E-state index contributed by atoms with van der Waals surface area (Å²) in [4.78, 5) is 4.47. The van der Waals surface area contributed by atoms with Crippen LogP contribution in [0.4, 0.5) is 0 Å². The maximum absolute atomic E-state index is 6.12. The van der Waals surface area contributed by atoms with E-state index in [0.717, 1.165) is 18.4 Å². The maximum Gasteiger partial charge on any atom is 0.148 e. The van der Waals surface area contributed by atoms with Gasteiger partial charge in [0.1, 0.15) is 10.7 Å². The molecule has 1 aromatic heterocycles. The molecule has 1 heterocycles. The van der Waals surface area contributed by atoms with Crippen LogP contribution in [-0.2, 0) is 0 Å². The minimum atomic E-state index is 0.219. The van der Waals surface area contributed by atoms with Crippen LogP contribution < -0.4 is 10.5 Å². The molecule has 3 nitrogen and oxygen atoms in total. The van der Waals surface area contributed by atoms with Crippen LogP contribution in [0.2, 0.25) is 0 Å². The summed E-state index contributed by atoms with van der Waals surface area (Å²) in [6.07, 6.45) is 7.01. The predicted molar refractivity (Wildman–Crippen MR) is 81.3 cm³/mol. The van der Waals surface area contributed by atoms with E-state index in [-0.39, 0.29) is 6.10 Å². The van der Waals surface area contributed by atoms with Crippen LogP contribution in [0.1, 0.15) is 45.6 Å². The van der Waals surface area contributed by atoms with Gasteiger partial charge in [-0.25, -0.2) is 0 Å². The van der Waals surface area contributed by atoms with Gasteiger partial charge in [-0.3, -0.25) is 4.98 Å². The fraction of sp³-hybridized carbons (Fsp3) is 0.600. The average Bonchev–Trinajstić information content (AvgIpc) is 2.26. The molecular weight excluding hydrogens is 256 g/mol. The Morgan fingerprint density at radius 2 is 2.21 bits per heavy atom. The number of nitrogens with two attached hydrogens (primary N) is 1. The lowest BCUT2D eigenvalue weighted by atomic mass is 9.71. The van der Waals surface area contributed by atoms with E-state index >= 15 is 0 Å². The number of pyridine rings is 1. The van der Waals surface area contributed by atoms with Crippen LogP contribution in [-0.4, -0.2) is 16.1 Å². The van der Waals surface area contributed by atoms with Gasteiger partial charge < -0.3 is 10.5 Å². The fourth-order valence-electron chi connectivity index (χ4n) is 3.21. The van der Waals surface area contributed by atoms with Crippen molar-refractivity contribution in [2.75, 3.05) is 0 Å². The number of nitrogens with zero attached hydrogens (tertiary/aromatic N) is 1. The van der Waals surface area contributed by atoms with Crippen molar-refractivity contribution >= 4 is 17.2 Å². The number of hydrogen-bond donors (Lipinski definition) is 1. The Bertz CT molecular complexity index is 473. The number of aromatic nitrogens is 1. The molecule has 2 rings (SSSR count). The van der Waals surface area contributed by atoms with E-state index in [1.54, 1.807) is 12.4 Å². The third-order valence-corrected chi connectivity index (χ3v) is 3.91. The SMILES string of the molecule is CC1CC(Oc2cnccc2C(N)=S)CC(C)(C)C1. The molecule has 0 amide bonds. The second-order valence-corrected chi connectivity index (χ2v) is 6.83. The van der Waals surface area contributed by atoms with Crippen molar-refractivity contribution in [1.29, 1.82) is 0 Å². The molecule has 2 N–H and O–H groups in total. The van der Waals surface area contributed by atoms with Crippen molar-refractivity contribution in [2.45, 2.75) is 46.1 Å². The lowest BCUT2D eigenvalue weighted by Crippen LogP contribution is -2.34. The third-order valence-electron chi connectivity index (χ3n) is 3.69. The van der Waals surface area contributed by atoms with Gasteiger partial charge in [0.05, 0.1) is 17.9 Å². The predicted octanol–water partition coefficient (Wildman–Crippen LogP) is 3.31. The minimum absolute atomic E-state index is 0.219. The van der Waals surface area contributed by atoms with Crippen molar-refractivity contribution in [1.82, 2.24) is 4.98 Å². The lowest BCUT2D eigenvalue weighted by Gasteiger charge is -2.39. The molecule has 19 heavy (non-hydrogen) atoms. The van der Waals surface area contributed by atoms with E-state index in [4.69, 9.17) is 22.7 Å². The van der Waals surface area contributed by atoms with Crippen LogP contribution in [0, 0.1) is 11.3 Å². The first-order valence-corrected chi connectivity index (χ1v) is 7.19. The van der Waals surface area contributed by atoms with Gasteiger partial charge in [0.25, 0.3) is 0 Å². The van der Waals surface area contributed by atoms with Gasteiger partial charge in [-0.1, -0.05) is 33.0 Å². The molecule has 1 saturated carbocycles. The largest absolute Gasteiger partial charge is 0.488 e. The zero-order valence-electron chi connectivity index (χ0n) is 11.8. The minimum Gasteiger partial charge on any atom is -0.488 e. The first-order valence-electron chi connectivity index (χ1n) is 6.78. The van der Waals surface area contributed by atoms with Gasteiger partial charge in [0.2, 0.25) is 0 Å². The lowest BCUT2D eigenvalue weighted by molar-refractivity contribution is 0.0559. The average molecular weight is 278 g/mol. The normalized spacial score (nSPS) is 25.8. The van der Waals surface area contributed by atoms with Gasteiger partial charge in [-0.05, 0) is 36.7 Å². The highest BCUT2D eigenvalue weighted by Gasteiger charge is 2.33. The van der Waals surface area contributed by atoms with Crippen molar-refractivity contribution in [3.8, 4) is 5.75 Å². The van der Waals surface area contributed by atoms with Gasteiger partial charge >= 0.3 is 0 Å². The molecule has 1 aliphatic carbocycles. The topological polar surface area (TPSA) is 48.1 Å². The Morgan fingerprint density at radius 1 is 1.47 bits per heavy atom. The van der Waals surface area contributed by atoms with E-state index in [2.05, 4.69) is 25.8 Å². The van der Waals surface area contributed by atoms with Gasteiger partial charge in [-0.15, -0.1) is 0 Å². The molecule has 2 unspecified atom stereocenters. The zero-order chi connectivity index (χ0) is 14.0. The highest BCUT2D eigenvalue weighted by Crippen LogP contribution is 2.40. The van der Waals surface area contributed by atoms with Crippen molar-refractivity contribution in [3.05, 3.63) is 24.0 Å². The standard InChI is InChI=1S/C15H22N2OS/c1-10-6-11(8-15(2,3)7-10)18-13-9-17-5-4-12(13)14(16)19/h4-5,9-11H,6-8H2,1-3H3,(H2,16,19). The van der Waals surface area contributed by atoms with Crippen LogP contribution in [0.5, 0.6) is 5.75 Å². The highest BCUT2D eigenvalue weighted by molar-refractivity contribution is 7.80. The summed E-state index contributed by atoms with van der Waals surface area (Å²) in [6, 6.07) is 1.81. The Morgan fingerprint density at radius 3 is 2.84 bits per heavy atom. The highest BCUT2D eigenvalue weighted by atomic mass is 32.1. The molecule has 1 aliphatic rings. The molecule has 104 valence electrons. The van der Waals surface area contributed by atoms with Crippen molar-refractivity contribution < 1.29 is 4.74 Å². The Balaban J connectivity index is 2.15. The van der Waals surface area contributed by atoms with Gasteiger partial charge in [0.15, 0.2) is 0 Å². The number of ether oxygens (including phenoxy) is 1. The van der Waals surface area contributed by atoms with E-state index in [0.29, 0.717) is 22.1 Å². The van der Waals surface area contributed by atoms with E-state index in [9.17, 15) is 0 Å². The first kappa shape index (κ1) is 14.3. The van der Waals surface area contributed by atoms with Crippen molar-refractivity contribution in [3.63, 3.8) is 0 Å². The van der Waals surface area contributed by atoms with Crippen LogP contribution in [0.15, 0.2) is 18.5 Å². The molecule has 0 bridgehead atoms. The summed E-state index contributed by atoms with van der Waals surface area (Å²) in [6.45, 7) is 6.89. The summed E-state index contributed by atoms with van der Waals surface area (Å²) in [5, 5.41) is 0. The van der Waals surface area contributed by atoms with Gasteiger partial charge in [0, 0.05) is 6.20 Å². The number of rotatable bonds is 3. The molecule has 0 aliphatic heterocycles. The Kier molecular flexibility index (Phi) is 4.09. The summed E-state index contributed by atoms with van der Waals surface area (Å²) in [5.41, 5.74) is 6.83. The van der Waals surface area contributed by atoms with Crippen LogP contribution >= 0.6 is 12.2 Å². The van der Waals surface area contributed by atoms with E-state index in [1.165, 1.54) is 6.42 Å². The first-order chi connectivity index (χ1) is 8.87. The second-order valence-electron chi connectivity index (χ2n) is 6.39. The van der Waals surface area contributed by atoms with Crippen LogP contribution in [0.3, 0.4) is 0 Å². The number of hydrogen-bond acceptors (Lipinski definition) is 3. The molecule has 1 aromatic rings. The third kappa shape index (κ3) is 3.66. The van der Waals surface area contributed by atoms with Gasteiger partial charge in [-0.2, -0.15) is 0 Å². The molecule has 0 aromatic carbocycles. The maximum atomic E-state index is 6.12. The molecule has 2 atom stereocenters. The fourth-order valence-corrected chi connectivity index (χ4v) is 3.37. The molecule has 0 saturated heterocycles. The molecule has 1 fully saturated rings. The summed E-state index contributed by atoms with van der Waals surface area (Å²) in [5.74, 6) is 1.39. The molecule has 4 heteroatoms. The molecular formula is C15H22N2OS. The quantitative estimate of drug-likeness (QED) is 0.862. The second kappa shape index (κ2) is 5.45. The van der Waals surface area contributed by atoms with E-state index in [1.807, 2.05) is 6.07 Å². The van der Waals surface area contributed by atoms with Crippen LogP contribution in [0.25, 0.3) is 0 Å².